The highest BCUT2D eigenvalue weighted by molar-refractivity contribution is 9.10. The van der Waals surface area contributed by atoms with Crippen molar-refractivity contribution >= 4 is 39.1 Å². The van der Waals surface area contributed by atoms with Crippen LogP contribution in [0.4, 0.5) is 0 Å². The molecule has 1 aliphatic rings. The summed E-state index contributed by atoms with van der Waals surface area (Å²) in [6.45, 7) is 0. The van der Waals surface area contributed by atoms with Crippen molar-refractivity contribution in [2.45, 2.75) is 0 Å². The van der Waals surface area contributed by atoms with Gasteiger partial charge in [-0.15, -0.1) is 0 Å². The highest BCUT2D eigenvalue weighted by Gasteiger charge is 2.23. The number of fused-ring (bicyclic) bond motifs is 1. The first kappa shape index (κ1) is 11.6. The third-order valence-electron chi connectivity index (χ3n) is 2.73. The van der Waals surface area contributed by atoms with Crippen molar-refractivity contribution in [3.8, 4) is 5.75 Å². The Kier molecular flexibility index (Phi) is 3.02. The zero-order chi connectivity index (χ0) is 12.5. The van der Waals surface area contributed by atoms with Gasteiger partial charge in [0.2, 0.25) is 0 Å². The fourth-order valence-electron chi connectivity index (χ4n) is 1.86. The van der Waals surface area contributed by atoms with Crippen LogP contribution in [0.25, 0.3) is 6.08 Å². The largest absolute Gasteiger partial charge is 0.455 e. The Bertz CT molecular complexity index is 647. The van der Waals surface area contributed by atoms with Gasteiger partial charge in [0.1, 0.15) is 11.5 Å². The van der Waals surface area contributed by atoms with E-state index in [1.165, 1.54) is 0 Å². The Morgan fingerprint density at radius 3 is 2.61 bits per heavy atom. The minimum atomic E-state index is 0.740. The molecule has 0 spiro atoms. The SMILES string of the molecule is S=C1/C(=C/c2ccccc2)Oc2cc(Br)ccc21. The first-order valence-corrected chi connectivity index (χ1v) is 6.73. The molecule has 0 unspecified atom stereocenters. The van der Waals surface area contributed by atoms with Crippen LogP contribution < -0.4 is 4.74 Å². The molecule has 3 rings (SSSR count). The zero-order valence-corrected chi connectivity index (χ0v) is 11.8. The summed E-state index contributed by atoms with van der Waals surface area (Å²) >= 11 is 8.86. The van der Waals surface area contributed by atoms with Crippen LogP contribution >= 0.6 is 28.1 Å². The van der Waals surface area contributed by atoms with Gasteiger partial charge in [0.15, 0.2) is 0 Å². The molecular weight excluding hydrogens is 308 g/mol. The molecule has 0 bridgehead atoms. The van der Waals surface area contributed by atoms with Gasteiger partial charge in [-0.25, -0.2) is 0 Å². The van der Waals surface area contributed by atoms with E-state index in [0.717, 1.165) is 32.0 Å². The van der Waals surface area contributed by atoms with Crippen LogP contribution in [0, 0.1) is 0 Å². The Morgan fingerprint density at radius 1 is 1.06 bits per heavy atom. The molecule has 1 nitrogen and oxygen atoms in total. The van der Waals surface area contributed by atoms with Gasteiger partial charge in [-0.2, -0.15) is 0 Å². The first-order valence-electron chi connectivity index (χ1n) is 5.53. The van der Waals surface area contributed by atoms with Gasteiger partial charge in [0, 0.05) is 10.0 Å². The number of thiocarbonyl (C=S) groups is 1. The molecule has 0 saturated heterocycles. The second-order valence-electron chi connectivity index (χ2n) is 3.99. The van der Waals surface area contributed by atoms with Crippen molar-refractivity contribution in [1.29, 1.82) is 0 Å². The number of benzene rings is 2. The third-order valence-corrected chi connectivity index (χ3v) is 3.64. The van der Waals surface area contributed by atoms with Crippen LogP contribution in [-0.2, 0) is 0 Å². The van der Waals surface area contributed by atoms with E-state index in [9.17, 15) is 0 Å². The molecule has 3 heteroatoms. The average molecular weight is 317 g/mol. The molecule has 0 amide bonds. The van der Waals surface area contributed by atoms with Crippen molar-refractivity contribution < 1.29 is 4.74 Å². The van der Waals surface area contributed by atoms with E-state index >= 15 is 0 Å². The zero-order valence-electron chi connectivity index (χ0n) is 9.39. The number of ether oxygens (including phenoxy) is 1. The van der Waals surface area contributed by atoms with Crippen molar-refractivity contribution in [2.75, 3.05) is 0 Å². The van der Waals surface area contributed by atoms with E-state index in [0.29, 0.717) is 0 Å². The standard InChI is InChI=1S/C15H9BrOS/c16-11-6-7-12-13(9-11)17-14(15(12)18)8-10-4-2-1-3-5-10/h1-9H/b14-8-. The minimum Gasteiger partial charge on any atom is -0.455 e. The lowest BCUT2D eigenvalue weighted by Crippen LogP contribution is -1.96. The number of allylic oxidation sites excluding steroid dienone is 1. The van der Waals surface area contributed by atoms with E-state index in [4.69, 9.17) is 17.0 Å². The molecule has 0 aliphatic carbocycles. The van der Waals surface area contributed by atoms with Gasteiger partial charge in [-0.1, -0.05) is 58.5 Å². The van der Waals surface area contributed by atoms with E-state index in [1.807, 2.05) is 54.6 Å². The van der Waals surface area contributed by atoms with Crippen LogP contribution in [0.1, 0.15) is 11.1 Å². The minimum absolute atomic E-state index is 0.740. The normalized spacial score (nSPS) is 15.6. The van der Waals surface area contributed by atoms with Gasteiger partial charge in [-0.3, -0.25) is 0 Å². The lowest BCUT2D eigenvalue weighted by atomic mass is 10.1. The topological polar surface area (TPSA) is 9.23 Å². The molecule has 0 aromatic heterocycles. The highest BCUT2D eigenvalue weighted by atomic mass is 79.9. The van der Waals surface area contributed by atoms with E-state index in [1.54, 1.807) is 0 Å². The number of rotatable bonds is 1. The molecule has 0 atom stereocenters. The summed E-state index contributed by atoms with van der Waals surface area (Å²) in [6.07, 6.45) is 1.97. The summed E-state index contributed by atoms with van der Waals surface area (Å²) in [7, 11) is 0. The molecule has 0 N–H and O–H groups in total. The summed E-state index contributed by atoms with van der Waals surface area (Å²) in [5, 5.41) is 0. The van der Waals surface area contributed by atoms with Gasteiger partial charge >= 0.3 is 0 Å². The maximum Gasteiger partial charge on any atom is 0.146 e. The summed E-state index contributed by atoms with van der Waals surface area (Å²) < 4.78 is 6.78. The fourth-order valence-corrected chi connectivity index (χ4v) is 2.47. The summed E-state index contributed by atoms with van der Waals surface area (Å²) in [6, 6.07) is 15.9. The van der Waals surface area contributed by atoms with E-state index in [-0.39, 0.29) is 0 Å². The molecular formula is C15H9BrOS. The maximum absolute atomic E-state index is 5.79. The van der Waals surface area contributed by atoms with Crippen LogP contribution in [0.5, 0.6) is 5.75 Å². The predicted molar refractivity (Wildman–Crippen MR) is 80.9 cm³/mol. The molecule has 1 aliphatic heterocycles. The smallest absolute Gasteiger partial charge is 0.146 e. The van der Waals surface area contributed by atoms with E-state index in [2.05, 4.69) is 15.9 Å². The predicted octanol–water partition coefficient (Wildman–Crippen LogP) is 4.60. The summed E-state index contributed by atoms with van der Waals surface area (Å²) in [5.41, 5.74) is 2.07. The number of halogens is 1. The van der Waals surface area contributed by atoms with Crippen molar-refractivity contribution in [1.82, 2.24) is 0 Å². The second-order valence-corrected chi connectivity index (χ2v) is 5.31. The number of hydrogen-bond donors (Lipinski definition) is 0. The fraction of sp³-hybridized carbons (Fsp3) is 0. The van der Waals surface area contributed by atoms with Crippen LogP contribution in [0.2, 0.25) is 0 Å². The molecule has 88 valence electrons. The third kappa shape index (κ3) is 2.11. The van der Waals surface area contributed by atoms with Crippen molar-refractivity contribution in [2.24, 2.45) is 0 Å². The lowest BCUT2D eigenvalue weighted by molar-refractivity contribution is 0.474. The molecule has 1 heterocycles. The number of hydrogen-bond acceptors (Lipinski definition) is 2. The Balaban J connectivity index is 2.00. The van der Waals surface area contributed by atoms with Gasteiger partial charge in [-0.05, 0) is 29.8 Å². The summed E-state index contributed by atoms with van der Waals surface area (Å²) in [5.74, 6) is 1.56. The highest BCUT2D eigenvalue weighted by Crippen LogP contribution is 2.34. The van der Waals surface area contributed by atoms with E-state index < -0.39 is 0 Å². The molecule has 2 aromatic carbocycles. The van der Waals surface area contributed by atoms with Gasteiger partial charge < -0.3 is 4.74 Å². The average Bonchev–Trinajstić information content (AvgIpc) is 2.67. The van der Waals surface area contributed by atoms with Crippen molar-refractivity contribution in [3.05, 3.63) is 69.9 Å². The van der Waals surface area contributed by atoms with Crippen LogP contribution in [0.15, 0.2) is 58.8 Å². The van der Waals surface area contributed by atoms with Crippen LogP contribution in [-0.4, -0.2) is 4.86 Å². The van der Waals surface area contributed by atoms with Crippen LogP contribution in [0.3, 0.4) is 0 Å². The Morgan fingerprint density at radius 2 is 1.83 bits per heavy atom. The molecule has 18 heavy (non-hydrogen) atoms. The molecule has 2 aromatic rings. The first-order chi connectivity index (χ1) is 8.74. The molecule has 0 fully saturated rings. The van der Waals surface area contributed by atoms with Gasteiger partial charge in [0.25, 0.3) is 0 Å². The summed E-state index contributed by atoms with van der Waals surface area (Å²) in [4.78, 5) is 0.765. The van der Waals surface area contributed by atoms with Gasteiger partial charge in [0.05, 0.1) is 4.86 Å². The molecule has 0 radical (unpaired) electrons. The molecule has 0 saturated carbocycles. The Labute approximate surface area is 119 Å². The second kappa shape index (κ2) is 4.67. The van der Waals surface area contributed by atoms with Crippen molar-refractivity contribution in [3.63, 3.8) is 0 Å². The lowest BCUT2D eigenvalue weighted by Gasteiger charge is -1.99. The quantitative estimate of drug-likeness (QED) is 0.561. The maximum atomic E-state index is 5.79. The Hall–Kier alpha value is -1.45. The monoisotopic (exact) mass is 316 g/mol.